The number of rotatable bonds is 5. The zero-order chi connectivity index (χ0) is 19.8. The van der Waals surface area contributed by atoms with Gasteiger partial charge in [0.1, 0.15) is 23.0 Å². The monoisotopic (exact) mass is 399 g/mol. The molecule has 1 aliphatic rings. The number of fused-ring (bicyclic) bond motifs is 1. The summed E-state index contributed by atoms with van der Waals surface area (Å²) in [4.78, 5) is 14.8. The molecule has 4 rings (SSSR count). The summed E-state index contributed by atoms with van der Waals surface area (Å²) in [5, 5.41) is 17.9. The molecule has 1 amide bonds. The van der Waals surface area contributed by atoms with Crippen LogP contribution in [0.5, 0.6) is 5.75 Å². The smallest absolute Gasteiger partial charge is 0.273 e. The Hall–Kier alpha value is -2.86. The van der Waals surface area contributed by atoms with Crippen LogP contribution in [-0.4, -0.2) is 32.7 Å². The predicted molar refractivity (Wildman–Crippen MR) is 105 cm³/mol. The number of halogens is 2. The van der Waals surface area contributed by atoms with Gasteiger partial charge in [-0.15, -0.1) is 0 Å². The summed E-state index contributed by atoms with van der Waals surface area (Å²) in [6.07, 6.45) is 1.78. The molecule has 2 N–H and O–H groups in total. The fourth-order valence-corrected chi connectivity index (χ4v) is 3.82. The number of nitrogens with zero attached hydrogens (tertiary/aromatic N) is 2. The van der Waals surface area contributed by atoms with Gasteiger partial charge in [0.05, 0.1) is 6.04 Å². The average molecular weight is 400 g/mol. The molecule has 7 heteroatoms. The Labute approximate surface area is 166 Å². The van der Waals surface area contributed by atoms with E-state index in [1.54, 1.807) is 29.2 Å². The van der Waals surface area contributed by atoms with E-state index in [0.717, 1.165) is 18.4 Å². The molecule has 2 heterocycles. The highest BCUT2D eigenvalue weighted by atomic mass is 35.5. The SMILES string of the molecule is CCCCN1C(=O)c2[nH]nc(-c3cc(Cl)ccc3O)c2C1c1ccc(F)cc1. The summed E-state index contributed by atoms with van der Waals surface area (Å²) in [6, 6.07) is 10.4. The molecule has 0 spiro atoms. The first kappa shape index (κ1) is 18.5. The Balaban J connectivity index is 1.89. The third-order valence-corrected chi connectivity index (χ3v) is 5.25. The van der Waals surface area contributed by atoms with Crippen molar-refractivity contribution in [3.63, 3.8) is 0 Å². The summed E-state index contributed by atoms with van der Waals surface area (Å²) >= 11 is 6.11. The number of benzene rings is 2. The fraction of sp³-hybridized carbons (Fsp3) is 0.238. The zero-order valence-electron chi connectivity index (χ0n) is 15.2. The molecule has 144 valence electrons. The van der Waals surface area contributed by atoms with Crippen molar-refractivity contribution < 1.29 is 14.3 Å². The third-order valence-electron chi connectivity index (χ3n) is 5.02. The molecule has 1 unspecified atom stereocenters. The number of phenolic OH excluding ortho intramolecular Hbond substituents is 1. The first-order valence-electron chi connectivity index (χ1n) is 9.14. The Kier molecular flexibility index (Phi) is 4.81. The van der Waals surface area contributed by atoms with Gasteiger partial charge in [0.25, 0.3) is 5.91 Å². The number of nitrogens with one attached hydrogen (secondary N) is 1. The number of unbranched alkanes of at least 4 members (excludes halogenated alkanes) is 1. The maximum Gasteiger partial charge on any atom is 0.273 e. The molecule has 2 aromatic carbocycles. The summed E-state index contributed by atoms with van der Waals surface area (Å²) < 4.78 is 13.5. The molecule has 0 radical (unpaired) electrons. The number of hydrogen-bond donors (Lipinski definition) is 2. The average Bonchev–Trinajstić information content (AvgIpc) is 3.22. The van der Waals surface area contributed by atoms with Crippen LogP contribution in [-0.2, 0) is 0 Å². The quantitative estimate of drug-likeness (QED) is 0.639. The van der Waals surface area contributed by atoms with Crippen LogP contribution in [0.2, 0.25) is 5.02 Å². The van der Waals surface area contributed by atoms with Gasteiger partial charge in [-0.25, -0.2) is 4.39 Å². The molecule has 0 saturated heterocycles. The van der Waals surface area contributed by atoms with Crippen LogP contribution in [0.1, 0.15) is 47.4 Å². The lowest BCUT2D eigenvalue weighted by molar-refractivity contribution is 0.0741. The van der Waals surface area contributed by atoms with Crippen LogP contribution >= 0.6 is 11.6 Å². The molecular weight excluding hydrogens is 381 g/mol. The van der Waals surface area contributed by atoms with Crippen molar-refractivity contribution in [1.82, 2.24) is 15.1 Å². The van der Waals surface area contributed by atoms with Crippen LogP contribution in [0.25, 0.3) is 11.3 Å². The van der Waals surface area contributed by atoms with Crippen LogP contribution in [0.3, 0.4) is 0 Å². The van der Waals surface area contributed by atoms with Gasteiger partial charge in [-0.05, 0) is 42.3 Å². The van der Waals surface area contributed by atoms with Crippen LogP contribution in [0.15, 0.2) is 42.5 Å². The molecule has 1 atom stereocenters. The minimum absolute atomic E-state index is 0.0241. The van der Waals surface area contributed by atoms with Gasteiger partial charge in [-0.1, -0.05) is 37.1 Å². The van der Waals surface area contributed by atoms with E-state index in [1.807, 2.05) is 0 Å². The van der Waals surface area contributed by atoms with Gasteiger partial charge in [-0.3, -0.25) is 9.89 Å². The molecule has 0 bridgehead atoms. The van der Waals surface area contributed by atoms with E-state index in [2.05, 4.69) is 17.1 Å². The van der Waals surface area contributed by atoms with Crippen molar-refractivity contribution in [3.8, 4) is 17.0 Å². The first-order chi connectivity index (χ1) is 13.5. The third kappa shape index (κ3) is 3.03. The predicted octanol–water partition coefficient (Wildman–Crippen LogP) is 4.92. The minimum Gasteiger partial charge on any atom is -0.507 e. The van der Waals surface area contributed by atoms with E-state index >= 15 is 0 Å². The van der Waals surface area contributed by atoms with E-state index in [9.17, 15) is 14.3 Å². The Morgan fingerprint density at radius 2 is 2.00 bits per heavy atom. The van der Waals surface area contributed by atoms with E-state index in [0.29, 0.717) is 34.1 Å². The van der Waals surface area contributed by atoms with Crippen molar-refractivity contribution in [2.45, 2.75) is 25.8 Å². The largest absolute Gasteiger partial charge is 0.507 e. The summed E-state index contributed by atoms with van der Waals surface area (Å²) in [7, 11) is 0. The molecule has 5 nitrogen and oxygen atoms in total. The number of phenols is 1. The first-order valence-corrected chi connectivity index (χ1v) is 9.52. The molecule has 0 fully saturated rings. The van der Waals surface area contributed by atoms with Crippen LogP contribution < -0.4 is 0 Å². The van der Waals surface area contributed by atoms with Crippen LogP contribution in [0.4, 0.5) is 4.39 Å². The Morgan fingerprint density at radius 3 is 2.71 bits per heavy atom. The van der Waals surface area contributed by atoms with Crippen LogP contribution in [0, 0.1) is 5.82 Å². The van der Waals surface area contributed by atoms with Gasteiger partial charge in [0, 0.05) is 22.7 Å². The topological polar surface area (TPSA) is 69.2 Å². The number of hydrogen-bond acceptors (Lipinski definition) is 3. The molecule has 28 heavy (non-hydrogen) atoms. The number of H-pyrrole nitrogens is 1. The maximum atomic E-state index is 13.5. The van der Waals surface area contributed by atoms with E-state index < -0.39 is 6.04 Å². The number of amides is 1. The second kappa shape index (κ2) is 7.28. The summed E-state index contributed by atoms with van der Waals surface area (Å²) in [5.74, 6) is -0.470. The highest BCUT2D eigenvalue weighted by Crippen LogP contribution is 2.44. The molecule has 3 aromatic rings. The molecule has 0 aliphatic carbocycles. The molecule has 0 saturated carbocycles. The normalized spacial score (nSPS) is 15.9. The highest BCUT2D eigenvalue weighted by molar-refractivity contribution is 6.31. The molecular formula is C21H19ClFN3O2. The maximum absolute atomic E-state index is 13.5. The Bertz CT molecular complexity index is 1030. The standard InChI is InChI=1S/C21H19ClFN3O2/c1-2-3-10-26-20(12-4-7-14(23)8-5-12)17-18(24-25-19(17)21(26)28)15-11-13(22)6-9-16(15)27/h4-9,11,20,27H,2-3,10H2,1H3,(H,24,25). The zero-order valence-corrected chi connectivity index (χ0v) is 16.0. The van der Waals surface area contributed by atoms with Crippen molar-refractivity contribution >= 4 is 17.5 Å². The summed E-state index contributed by atoms with van der Waals surface area (Å²) in [5.41, 5.74) is 2.76. The fourth-order valence-electron chi connectivity index (χ4n) is 3.65. The lowest BCUT2D eigenvalue weighted by Gasteiger charge is -2.26. The van der Waals surface area contributed by atoms with Crippen molar-refractivity contribution in [2.24, 2.45) is 0 Å². The minimum atomic E-state index is -0.415. The van der Waals surface area contributed by atoms with Gasteiger partial charge < -0.3 is 10.0 Å². The number of aromatic hydroxyl groups is 1. The Morgan fingerprint density at radius 1 is 1.25 bits per heavy atom. The van der Waals surface area contributed by atoms with Gasteiger partial charge >= 0.3 is 0 Å². The van der Waals surface area contributed by atoms with E-state index in [1.165, 1.54) is 18.2 Å². The van der Waals surface area contributed by atoms with Gasteiger partial charge in [0.15, 0.2) is 0 Å². The van der Waals surface area contributed by atoms with E-state index in [4.69, 9.17) is 11.6 Å². The molecule has 1 aromatic heterocycles. The second-order valence-electron chi connectivity index (χ2n) is 6.83. The second-order valence-corrected chi connectivity index (χ2v) is 7.26. The molecule has 1 aliphatic heterocycles. The number of aromatic nitrogens is 2. The van der Waals surface area contributed by atoms with Crippen molar-refractivity contribution in [3.05, 3.63) is 70.1 Å². The van der Waals surface area contributed by atoms with Crippen molar-refractivity contribution in [1.29, 1.82) is 0 Å². The number of carbonyl (C=O) groups is 1. The number of aromatic amines is 1. The lowest BCUT2D eigenvalue weighted by Crippen LogP contribution is -2.30. The lowest BCUT2D eigenvalue weighted by atomic mass is 9.95. The van der Waals surface area contributed by atoms with Gasteiger partial charge in [-0.2, -0.15) is 5.10 Å². The van der Waals surface area contributed by atoms with E-state index in [-0.39, 0.29) is 17.5 Å². The summed E-state index contributed by atoms with van der Waals surface area (Å²) in [6.45, 7) is 2.63. The number of carbonyl (C=O) groups excluding carboxylic acids is 1. The highest BCUT2D eigenvalue weighted by Gasteiger charge is 2.42. The van der Waals surface area contributed by atoms with Crippen molar-refractivity contribution in [2.75, 3.05) is 6.54 Å². The van der Waals surface area contributed by atoms with Gasteiger partial charge in [0.2, 0.25) is 0 Å².